The van der Waals surface area contributed by atoms with Crippen LogP contribution in [0.3, 0.4) is 0 Å². The Morgan fingerprint density at radius 1 is 1.21 bits per heavy atom. The third-order valence-electron chi connectivity index (χ3n) is 6.69. The molecule has 1 aliphatic heterocycles. The van der Waals surface area contributed by atoms with Crippen LogP contribution in [0, 0.1) is 0 Å². The van der Waals surface area contributed by atoms with Gasteiger partial charge >= 0.3 is 0 Å². The lowest BCUT2D eigenvalue weighted by Crippen LogP contribution is -2.37. The monoisotopic (exact) mass is 528 g/mol. The number of amides is 1. The molecule has 5 aromatic heterocycles. The Hall–Kier alpha value is -4.44. The van der Waals surface area contributed by atoms with E-state index in [-0.39, 0.29) is 12.2 Å². The Morgan fingerprint density at radius 3 is 2.89 bits per heavy atom. The molecule has 0 saturated heterocycles. The van der Waals surface area contributed by atoms with Crippen LogP contribution in [0.25, 0.3) is 49.8 Å². The quantitative estimate of drug-likeness (QED) is 0.206. The van der Waals surface area contributed by atoms with Gasteiger partial charge in [0.1, 0.15) is 11.5 Å². The van der Waals surface area contributed by atoms with E-state index in [1.807, 2.05) is 52.1 Å². The van der Waals surface area contributed by atoms with E-state index in [1.54, 1.807) is 11.1 Å². The van der Waals surface area contributed by atoms with Crippen molar-refractivity contribution in [3.05, 3.63) is 84.2 Å². The molecule has 7 nitrogen and oxygen atoms in total. The third-order valence-corrected chi connectivity index (χ3v) is 7.61. The fourth-order valence-corrected chi connectivity index (χ4v) is 5.72. The maximum atomic E-state index is 14.6. The van der Waals surface area contributed by atoms with E-state index >= 15 is 0 Å². The summed E-state index contributed by atoms with van der Waals surface area (Å²) in [6.45, 7) is 4.98. The van der Waals surface area contributed by atoms with Gasteiger partial charge in [-0.25, -0.2) is 13.8 Å². The summed E-state index contributed by atoms with van der Waals surface area (Å²) in [5.74, 6) is -0.888. The predicted molar refractivity (Wildman–Crippen MR) is 145 cm³/mol. The van der Waals surface area contributed by atoms with E-state index < -0.39 is 5.83 Å². The zero-order valence-electron chi connectivity index (χ0n) is 20.4. The number of aryl methyl sites for hydroxylation is 1. The smallest absolute Gasteiger partial charge is 0.246 e. The first-order chi connectivity index (χ1) is 18.5. The minimum Gasteiger partial charge on any atom is -0.349 e. The van der Waals surface area contributed by atoms with Crippen LogP contribution in [0.2, 0.25) is 0 Å². The Balaban J connectivity index is 1.57. The molecule has 0 unspecified atom stereocenters. The lowest BCUT2D eigenvalue weighted by Gasteiger charge is -2.26. The van der Waals surface area contributed by atoms with Crippen molar-refractivity contribution in [2.75, 3.05) is 6.54 Å². The maximum absolute atomic E-state index is 14.6. The van der Waals surface area contributed by atoms with Gasteiger partial charge in [-0.05, 0) is 41.8 Å². The Morgan fingerprint density at radius 2 is 2.08 bits per heavy atom. The number of aromatic nitrogens is 5. The zero-order valence-corrected chi connectivity index (χ0v) is 21.3. The number of halogens is 2. The topological polar surface area (TPSA) is 68.8 Å². The number of allylic oxidation sites excluding steroid dienone is 2. The summed E-state index contributed by atoms with van der Waals surface area (Å²) in [7, 11) is 1.96. The highest BCUT2D eigenvalue weighted by atomic mass is 32.1. The van der Waals surface area contributed by atoms with Crippen LogP contribution in [0.5, 0.6) is 0 Å². The van der Waals surface area contributed by atoms with Crippen molar-refractivity contribution in [3.8, 4) is 22.6 Å². The zero-order chi connectivity index (χ0) is 26.4. The van der Waals surface area contributed by atoms with E-state index in [2.05, 4.69) is 11.6 Å². The summed E-state index contributed by atoms with van der Waals surface area (Å²) >= 11 is 1.49. The van der Waals surface area contributed by atoms with Gasteiger partial charge in [0.25, 0.3) is 0 Å². The molecule has 0 fully saturated rings. The number of rotatable bonds is 5. The molecule has 6 heterocycles. The van der Waals surface area contributed by atoms with Gasteiger partial charge < -0.3 is 9.47 Å². The van der Waals surface area contributed by atoms with E-state index in [4.69, 9.17) is 10.1 Å². The third kappa shape index (κ3) is 4.03. The molecule has 1 amide bonds. The van der Waals surface area contributed by atoms with Crippen molar-refractivity contribution in [1.82, 2.24) is 29.2 Å². The first kappa shape index (κ1) is 23.9. The summed E-state index contributed by atoms with van der Waals surface area (Å²) in [5.41, 5.74) is 5.70. The molecule has 0 aromatic carbocycles. The average molecular weight is 529 g/mol. The van der Waals surface area contributed by atoms with E-state index in [9.17, 15) is 13.6 Å². The molecule has 0 N–H and O–H groups in total. The minimum atomic E-state index is -0.741. The van der Waals surface area contributed by atoms with Crippen LogP contribution in [0.15, 0.2) is 72.9 Å². The molecule has 190 valence electrons. The molecule has 0 radical (unpaired) electrons. The van der Waals surface area contributed by atoms with Gasteiger partial charge in [0.15, 0.2) is 0 Å². The SMILES string of the molecule is C=CC(=O)N1CCn2nc(-c3nc(-c4cnc5ccn(C)c5c4)c4sccc4c3C=C(F)/C=C/F)cc2C1. The maximum Gasteiger partial charge on any atom is 0.246 e. The summed E-state index contributed by atoms with van der Waals surface area (Å²) < 4.78 is 32.1. The van der Waals surface area contributed by atoms with Crippen molar-refractivity contribution in [3.63, 3.8) is 0 Å². The normalized spacial score (nSPS) is 14.1. The van der Waals surface area contributed by atoms with Gasteiger partial charge in [-0.15, -0.1) is 11.3 Å². The van der Waals surface area contributed by atoms with E-state index in [0.717, 1.165) is 38.5 Å². The number of pyridine rings is 2. The second-order valence-corrected chi connectivity index (χ2v) is 9.89. The van der Waals surface area contributed by atoms with Crippen LogP contribution in [-0.4, -0.2) is 41.7 Å². The molecule has 0 saturated carbocycles. The van der Waals surface area contributed by atoms with Crippen molar-refractivity contribution in [1.29, 1.82) is 0 Å². The summed E-state index contributed by atoms with van der Waals surface area (Å²) in [5, 5.41) is 7.47. The first-order valence-corrected chi connectivity index (χ1v) is 12.8. The Kier molecular flexibility index (Phi) is 5.96. The van der Waals surface area contributed by atoms with Crippen LogP contribution in [-0.2, 0) is 24.9 Å². The summed E-state index contributed by atoms with van der Waals surface area (Å²) in [4.78, 5) is 23.5. The minimum absolute atomic E-state index is 0.147. The summed E-state index contributed by atoms with van der Waals surface area (Å²) in [6.07, 6.45) is 7.24. The number of carbonyl (C=O) groups excluding carboxylic acids is 1. The van der Waals surface area contributed by atoms with E-state index in [0.29, 0.717) is 42.3 Å². The van der Waals surface area contributed by atoms with Crippen LogP contribution < -0.4 is 0 Å². The van der Waals surface area contributed by atoms with Crippen LogP contribution in [0.4, 0.5) is 8.78 Å². The molecule has 10 heteroatoms. The Bertz CT molecular complexity index is 1790. The number of hydrogen-bond donors (Lipinski definition) is 0. The standard InChI is InChI=1S/C28H22F2N6OS/c1-3-25(37)35-9-10-36-19(16-35)14-23(33-36)27-21(13-18(30)4-7-29)20-6-11-38-28(20)26(32-27)17-12-24-22(31-15-17)5-8-34(24)2/h3-8,11-15H,1,9-10,16H2,2H3/b7-4+,18-13?. The molecule has 38 heavy (non-hydrogen) atoms. The van der Waals surface area contributed by atoms with E-state index in [1.165, 1.54) is 23.5 Å². The highest BCUT2D eigenvalue weighted by Gasteiger charge is 2.24. The van der Waals surface area contributed by atoms with Gasteiger partial charge in [0.2, 0.25) is 5.91 Å². The molecule has 1 aliphatic rings. The van der Waals surface area contributed by atoms with Gasteiger partial charge in [0.05, 0.1) is 52.2 Å². The number of hydrogen-bond acceptors (Lipinski definition) is 5. The van der Waals surface area contributed by atoms with Gasteiger partial charge in [-0.3, -0.25) is 14.5 Å². The molecular weight excluding hydrogens is 506 g/mol. The fraction of sp³-hybridized carbons (Fsp3) is 0.143. The highest BCUT2D eigenvalue weighted by molar-refractivity contribution is 7.17. The lowest BCUT2D eigenvalue weighted by atomic mass is 10.0. The molecule has 0 spiro atoms. The van der Waals surface area contributed by atoms with Crippen LogP contribution >= 0.6 is 11.3 Å². The molecule has 0 bridgehead atoms. The molecular formula is C28H22F2N6OS. The molecule has 6 rings (SSSR count). The number of carbonyl (C=O) groups is 1. The average Bonchev–Trinajstić information content (AvgIpc) is 3.66. The lowest BCUT2D eigenvalue weighted by molar-refractivity contribution is -0.127. The van der Waals surface area contributed by atoms with Gasteiger partial charge in [-0.2, -0.15) is 5.10 Å². The van der Waals surface area contributed by atoms with Gasteiger partial charge in [0, 0.05) is 48.6 Å². The van der Waals surface area contributed by atoms with Crippen molar-refractivity contribution in [2.24, 2.45) is 7.05 Å². The molecule has 5 aromatic rings. The highest BCUT2D eigenvalue weighted by Crippen LogP contribution is 2.39. The molecule has 0 aliphatic carbocycles. The second-order valence-electron chi connectivity index (χ2n) is 8.97. The number of fused-ring (bicyclic) bond motifs is 3. The first-order valence-electron chi connectivity index (χ1n) is 11.9. The Labute approximate surface area is 220 Å². The summed E-state index contributed by atoms with van der Waals surface area (Å²) in [6, 6.07) is 7.75. The van der Waals surface area contributed by atoms with Crippen molar-refractivity contribution in [2.45, 2.75) is 13.1 Å². The van der Waals surface area contributed by atoms with Gasteiger partial charge in [-0.1, -0.05) is 6.58 Å². The van der Waals surface area contributed by atoms with Crippen molar-refractivity contribution < 1.29 is 13.6 Å². The number of nitrogens with zero attached hydrogens (tertiary/aromatic N) is 6. The number of thiophene rings is 1. The largest absolute Gasteiger partial charge is 0.349 e. The van der Waals surface area contributed by atoms with Crippen LogP contribution in [0.1, 0.15) is 11.3 Å². The fourth-order valence-electron chi connectivity index (χ4n) is 4.80. The van der Waals surface area contributed by atoms with Crippen molar-refractivity contribution >= 4 is 44.4 Å². The second kappa shape index (κ2) is 9.46. The predicted octanol–water partition coefficient (Wildman–Crippen LogP) is 6.04. The molecule has 0 atom stereocenters.